The van der Waals surface area contributed by atoms with Crippen LogP contribution >= 0.6 is 0 Å². The van der Waals surface area contributed by atoms with Gasteiger partial charge in [0.2, 0.25) is 0 Å². The van der Waals surface area contributed by atoms with Gasteiger partial charge in [-0.2, -0.15) is 0 Å². The van der Waals surface area contributed by atoms with E-state index in [0.29, 0.717) is 28.6 Å². The highest BCUT2D eigenvalue weighted by Crippen LogP contribution is 2.45. The first-order valence-electron chi connectivity index (χ1n) is 6.15. The predicted molar refractivity (Wildman–Crippen MR) is 73.5 cm³/mol. The predicted octanol–water partition coefficient (Wildman–Crippen LogP) is 3.93. The molecule has 0 amide bonds. The van der Waals surface area contributed by atoms with Gasteiger partial charge in [-0.1, -0.05) is 24.8 Å². The zero-order valence-corrected chi connectivity index (χ0v) is 10.7. The number of benzene rings is 2. The van der Waals surface area contributed by atoms with Crippen molar-refractivity contribution in [2.24, 2.45) is 0 Å². The van der Waals surface area contributed by atoms with E-state index in [0.717, 1.165) is 0 Å². The lowest BCUT2D eigenvalue weighted by Crippen LogP contribution is -2.06. The molecule has 2 aromatic carbocycles. The van der Waals surface area contributed by atoms with Crippen LogP contribution in [0.4, 0.5) is 0 Å². The highest BCUT2D eigenvalue weighted by Gasteiger charge is 2.20. The molecular formula is C16H12O4. The molecule has 0 N–H and O–H groups in total. The third kappa shape index (κ3) is 2.23. The molecule has 0 radical (unpaired) electrons. The van der Waals surface area contributed by atoms with Gasteiger partial charge in [0.15, 0.2) is 23.0 Å². The van der Waals surface area contributed by atoms with Gasteiger partial charge in [-0.25, -0.2) is 4.79 Å². The number of hydrogen-bond acceptors (Lipinski definition) is 4. The molecule has 1 heterocycles. The van der Waals surface area contributed by atoms with E-state index in [1.807, 2.05) is 18.2 Å². The van der Waals surface area contributed by atoms with E-state index in [1.165, 1.54) is 6.08 Å². The molecule has 0 bridgehead atoms. The normalized spacial score (nSPS) is 11.4. The van der Waals surface area contributed by atoms with Crippen LogP contribution < -0.4 is 9.47 Å². The van der Waals surface area contributed by atoms with Gasteiger partial charge in [0.05, 0.1) is 5.56 Å². The summed E-state index contributed by atoms with van der Waals surface area (Å²) in [5.74, 6) is 1.93. The smallest absolute Gasteiger partial charge is 0.338 e. The van der Waals surface area contributed by atoms with Crippen LogP contribution in [-0.2, 0) is 4.74 Å². The number of para-hydroxylation sites is 2. The summed E-state index contributed by atoms with van der Waals surface area (Å²) in [4.78, 5) is 11.8. The van der Waals surface area contributed by atoms with Gasteiger partial charge in [-0.15, -0.1) is 0 Å². The number of carbonyl (C=O) groups is 1. The van der Waals surface area contributed by atoms with Crippen LogP contribution in [-0.4, -0.2) is 12.6 Å². The van der Waals surface area contributed by atoms with E-state index < -0.39 is 5.97 Å². The number of ether oxygens (including phenoxy) is 3. The maximum Gasteiger partial charge on any atom is 0.338 e. The fraction of sp³-hybridized carbons (Fsp3) is 0.0625. The van der Waals surface area contributed by atoms with Gasteiger partial charge < -0.3 is 14.2 Å². The number of hydrogen-bond donors (Lipinski definition) is 0. The molecule has 0 saturated heterocycles. The summed E-state index contributed by atoms with van der Waals surface area (Å²) in [7, 11) is 0. The second-order valence-corrected chi connectivity index (χ2v) is 4.20. The topological polar surface area (TPSA) is 44.8 Å². The van der Waals surface area contributed by atoms with Crippen LogP contribution in [0.15, 0.2) is 55.1 Å². The molecule has 0 atom stereocenters. The van der Waals surface area contributed by atoms with E-state index in [9.17, 15) is 4.79 Å². The van der Waals surface area contributed by atoms with Crippen LogP contribution in [0.3, 0.4) is 0 Å². The Balaban J connectivity index is 1.88. The molecule has 0 aromatic heterocycles. The van der Waals surface area contributed by atoms with Crippen LogP contribution in [0.5, 0.6) is 23.0 Å². The van der Waals surface area contributed by atoms with E-state index in [-0.39, 0.29) is 6.61 Å². The lowest BCUT2D eigenvalue weighted by molar-refractivity contribution is 0.0549. The van der Waals surface area contributed by atoms with Crippen molar-refractivity contribution in [3.05, 3.63) is 60.7 Å². The van der Waals surface area contributed by atoms with E-state index in [2.05, 4.69) is 6.58 Å². The third-order valence-corrected chi connectivity index (χ3v) is 2.80. The second-order valence-electron chi connectivity index (χ2n) is 4.20. The molecule has 4 nitrogen and oxygen atoms in total. The lowest BCUT2D eigenvalue weighted by Gasteiger charge is -2.20. The number of esters is 1. The van der Waals surface area contributed by atoms with E-state index in [4.69, 9.17) is 14.2 Å². The fourth-order valence-electron chi connectivity index (χ4n) is 1.87. The quantitative estimate of drug-likeness (QED) is 0.533. The average molecular weight is 268 g/mol. The summed E-state index contributed by atoms with van der Waals surface area (Å²) in [6.45, 7) is 3.68. The highest BCUT2D eigenvalue weighted by atomic mass is 16.6. The standard InChI is InChI=1S/C16H12O4/c1-2-9-18-16(17)11-7-8-14-15(10-11)20-13-6-4-3-5-12(13)19-14/h2-8,10H,1,9H2. The maximum absolute atomic E-state index is 11.8. The molecule has 0 unspecified atom stereocenters. The van der Waals surface area contributed by atoms with E-state index >= 15 is 0 Å². The average Bonchev–Trinajstić information content (AvgIpc) is 2.50. The molecule has 1 aliphatic heterocycles. The minimum atomic E-state index is -0.421. The Hall–Kier alpha value is -2.75. The van der Waals surface area contributed by atoms with Crippen molar-refractivity contribution >= 4 is 5.97 Å². The molecule has 4 heteroatoms. The van der Waals surface area contributed by atoms with Gasteiger partial charge >= 0.3 is 5.97 Å². The molecule has 20 heavy (non-hydrogen) atoms. The molecule has 0 fully saturated rings. The Labute approximate surface area is 116 Å². The minimum absolute atomic E-state index is 0.177. The lowest BCUT2D eigenvalue weighted by atomic mass is 10.2. The largest absolute Gasteiger partial charge is 0.458 e. The third-order valence-electron chi connectivity index (χ3n) is 2.80. The Bertz CT molecular complexity index is 676. The zero-order chi connectivity index (χ0) is 13.9. The Kier molecular flexibility index (Phi) is 3.13. The van der Waals surface area contributed by atoms with Gasteiger partial charge in [0.25, 0.3) is 0 Å². The molecule has 0 aliphatic carbocycles. The van der Waals surface area contributed by atoms with Gasteiger partial charge in [0, 0.05) is 0 Å². The van der Waals surface area contributed by atoms with Crippen LogP contribution in [0.1, 0.15) is 10.4 Å². The minimum Gasteiger partial charge on any atom is -0.458 e. The first-order valence-corrected chi connectivity index (χ1v) is 6.15. The molecule has 0 spiro atoms. The summed E-state index contributed by atoms with van der Waals surface area (Å²) >= 11 is 0. The molecule has 0 saturated carbocycles. The summed E-state index contributed by atoms with van der Waals surface area (Å²) in [6, 6.07) is 12.3. The van der Waals surface area contributed by atoms with Crippen molar-refractivity contribution in [3.8, 4) is 23.0 Å². The molecular weight excluding hydrogens is 256 g/mol. The van der Waals surface area contributed by atoms with Crippen LogP contribution in [0, 0.1) is 0 Å². The summed E-state index contributed by atoms with van der Waals surface area (Å²) in [5, 5.41) is 0. The summed E-state index contributed by atoms with van der Waals surface area (Å²) in [6.07, 6.45) is 1.52. The van der Waals surface area contributed by atoms with Crippen molar-refractivity contribution in [2.75, 3.05) is 6.61 Å². The highest BCUT2D eigenvalue weighted by molar-refractivity contribution is 5.90. The molecule has 100 valence electrons. The SMILES string of the molecule is C=CCOC(=O)c1ccc2c(c1)Oc1ccccc1O2. The van der Waals surface area contributed by atoms with Gasteiger partial charge in [0.1, 0.15) is 6.61 Å². The van der Waals surface area contributed by atoms with Crippen LogP contribution in [0.25, 0.3) is 0 Å². The Morgan fingerprint density at radius 3 is 2.40 bits per heavy atom. The van der Waals surface area contributed by atoms with E-state index in [1.54, 1.807) is 24.3 Å². The van der Waals surface area contributed by atoms with Crippen molar-refractivity contribution in [2.45, 2.75) is 0 Å². The molecule has 2 aromatic rings. The Morgan fingerprint density at radius 1 is 1.05 bits per heavy atom. The van der Waals surface area contributed by atoms with Crippen LogP contribution in [0.2, 0.25) is 0 Å². The van der Waals surface area contributed by atoms with Crippen molar-refractivity contribution in [1.29, 1.82) is 0 Å². The van der Waals surface area contributed by atoms with Crippen molar-refractivity contribution < 1.29 is 19.0 Å². The summed E-state index contributed by atoms with van der Waals surface area (Å²) < 4.78 is 16.4. The van der Waals surface area contributed by atoms with Gasteiger partial charge in [-0.3, -0.25) is 0 Å². The maximum atomic E-state index is 11.8. The van der Waals surface area contributed by atoms with Crippen molar-refractivity contribution in [1.82, 2.24) is 0 Å². The summed E-state index contributed by atoms with van der Waals surface area (Å²) in [5.41, 5.74) is 0.411. The second kappa shape index (κ2) is 5.09. The number of rotatable bonds is 3. The van der Waals surface area contributed by atoms with Crippen molar-refractivity contribution in [3.63, 3.8) is 0 Å². The first kappa shape index (κ1) is 12.3. The number of fused-ring (bicyclic) bond motifs is 2. The molecule has 1 aliphatic rings. The first-order chi connectivity index (χ1) is 9.78. The Morgan fingerprint density at radius 2 is 1.70 bits per heavy atom. The number of carbonyl (C=O) groups excluding carboxylic acids is 1. The molecule has 3 rings (SSSR count). The van der Waals surface area contributed by atoms with Gasteiger partial charge in [-0.05, 0) is 30.3 Å². The fourth-order valence-corrected chi connectivity index (χ4v) is 1.87. The zero-order valence-electron chi connectivity index (χ0n) is 10.7. The monoisotopic (exact) mass is 268 g/mol.